The Morgan fingerprint density at radius 3 is 2.41 bits per heavy atom. The average molecular weight is 495 g/mol. The van der Waals surface area contributed by atoms with Crippen LogP contribution in [0.2, 0.25) is 0 Å². The third-order valence-corrected chi connectivity index (χ3v) is 3.82. The van der Waals surface area contributed by atoms with Crippen molar-refractivity contribution in [2.45, 2.75) is 6.18 Å². The van der Waals surface area contributed by atoms with Crippen molar-refractivity contribution < 1.29 is 50.6 Å². The Morgan fingerprint density at radius 2 is 1.86 bits per heavy atom. The molecular weight excluding hydrogens is 483 g/mol. The second kappa shape index (κ2) is 7.97. The monoisotopic (exact) mass is 495 g/mol. The number of likely N-dealkylation sites (N-methyl/N-ethyl adjacent to an activating group) is 1. The molecule has 0 aliphatic carbocycles. The fourth-order valence-electron chi connectivity index (χ4n) is 1.76. The minimum atomic E-state index is -4.34. The zero-order valence-corrected chi connectivity index (χ0v) is 16.7. The van der Waals surface area contributed by atoms with E-state index in [2.05, 4.69) is 40.0 Å². The van der Waals surface area contributed by atoms with Gasteiger partial charge in [-0.05, 0) is 17.8 Å². The Bertz CT molecular complexity index is 608. The molecule has 1 aromatic carbocycles. The van der Waals surface area contributed by atoms with Crippen LogP contribution in [0.25, 0.3) is 5.70 Å². The summed E-state index contributed by atoms with van der Waals surface area (Å²) in [5.74, 6) is 0.180. The maximum atomic E-state index is 12.1. The quantitative estimate of drug-likeness (QED) is 0.451. The molecule has 0 unspecified atom stereocenters. The number of hydrogen-bond acceptors (Lipinski definition) is 2. The van der Waals surface area contributed by atoms with Crippen molar-refractivity contribution in [1.29, 1.82) is 0 Å². The molecule has 1 aromatic rings. The van der Waals surface area contributed by atoms with Crippen molar-refractivity contribution in [2.75, 3.05) is 13.7 Å². The van der Waals surface area contributed by atoms with Crippen LogP contribution in [-0.2, 0) is 32.7 Å². The molecule has 0 N–H and O–H groups in total. The van der Waals surface area contributed by atoms with E-state index in [1.54, 1.807) is 12.1 Å². The maximum Gasteiger partial charge on any atom is 0.422 e. The van der Waals surface area contributed by atoms with Gasteiger partial charge in [-0.1, -0.05) is 21.4 Å². The van der Waals surface area contributed by atoms with Crippen LogP contribution >= 0.6 is 22.6 Å². The van der Waals surface area contributed by atoms with E-state index in [1.165, 1.54) is 12.1 Å². The summed E-state index contributed by atoms with van der Waals surface area (Å²) in [6, 6.07) is 6.42. The first-order valence-electron chi connectivity index (χ1n) is 6.00. The summed E-state index contributed by atoms with van der Waals surface area (Å²) in [7, 11) is 1.87. The fourth-order valence-corrected chi connectivity index (χ4v) is 2.28. The molecule has 0 bridgehead atoms. The van der Waals surface area contributed by atoms with Gasteiger partial charge in [-0.2, -0.15) is 25.3 Å². The van der Waals surface area contributed by atoms with Gasteiger partial charge in [-0.25, -0.2) is 0 Å². The van der Waals surface area contributed by atoms with Gasteiger partial charge in [0.05, 0.1) is 0 Å². The molecule has 0 fully saturated rings. The van der Waals surface area contributed by atoms with Crippen LogP contribution in [0.15, 0.2) is 46.2 Å². The minimum Gasteiger partial charge on any atom is -0.484 e. The summed E-state index contributed by atoms with van der Waals surface area (Å²) < 4.78 is 41.9. The number of nitrogens with zero attached hydrogens (tertiary/aromatic N) is 1. The second-order valence-electron chi connectivity index (χ2n) is 4.42. The molecule has 22 heavy (non-hydrogen) atoms. The number of rotatable bonds is 3. The van der Waals surface area contributed by atoms with Gasteiger partial charge in [0.15, 0.2) is 6.61 Å². The van der Waals surface area contributed by atoms with Crippen LogP contribution in [0.1, 0.15) is 5.56 Å². The van der Waals surface area contributed by atoms with Crippen molar-refractivity contribution >= 4 is 28.3 Å². The molecule has 0 saturated heterocycles. The zero-order chi connectivity index (χ0) is 15.6. The molecule has 0 spiro atoms. The molecule has 2 rings (SSSR count). The molecule has 1 aliphatic heterocycles. The Labute approximate surface area is 166 Å². The molecule has 1 radical (unpaired) electrons. The zero-order valence-electron chi connectivity index (χ0n) is 11.7. The summed E-state index contributed by atoms with van der Waals surface area (Å²) in [6.45, 7) is 2.67. The van der Waals surface area contributed by atoms with Crippen molar-refractivity contribution in [3.8, 4) is 5.75 Å². The number of benzene rings is 1. The number of ether oxygens (including phenoxy) is 1. The van der Waals surface area contributed by atoms with E-state index < -0.39 is 12.8 Å². The average Bonchev–Trinajstić information content (AvgIpc) is 2.43. The van der Waals surface area contributed by atoms with Gasteiger partial charge in [0.2, 0.25) is 0 Å². The van der Waals surface area contributed by atoms with E-state index >= 15 is 0 Å². The molecule has 1 heterocycles. The summed E-state index contributed by atoms with van der Waals surface area (Å²) in [5, 5.41) is 0. The van der Waals surface area contributed by atoms with Gasteiger partial charge < -0.3 is 9.64 Å². The summed E-state index contributed by atoms with van der Waals surface area (Å²) in [4.78, 5) is 1.88. The van der Waals surface area contributed by atoms with Gasteiger partial charge in [0, 0.05) is 39.8 Å². The van der Waals surface area contributed by atoms with Crippen LogP contribution in [0.4, 0.5) is 13.2 Å². The van der Waals surface area contributed by atoms with Crippen LogP contribution in [0.3, 0.4) is 0 Å². The number of alkyl halides is 3. The van der Waals surface area contributed by atoms with Gasteiger partial charge in [-0.15, -0.1) is 34.7 Å². The molecule has 0 atom stereocenters. The van der Waals surface area contributed by atoms with Gasteiger partial charge >= 0.3 is 6.18 Å². The van der Waals surface area contributed by atoms with E-state index in [9.17, 15) is 13.2 Å². The fraction of sp³-hybridized carbons (Fsp3) is 0.200. The van der Waals surface area contributed by atoms with Gasteiger partial charge in [-0.3, -0.25) is 0 Å². The van der Waals surface area contributed by atoms with E-state index in [-0.39, 0.29) is 38.5 Å². The first-order valence-corrected chi connectivity index (χ1v) is 7.08. The Balaban J connectivity index is 0.00000242. The van der Waals surface area contributed by atoms with Crippen molar-refractivity contribution in [3.05, 3.63) is 57.8 Å². The van der Waals surface area contributed by atoms with Crippen molar-refractivity contribution in [1.82, 2.24) is 4.90 Å². The SMILES string of the molecule is C=C1C(I)=C[C-]=C(c2ccc(OCC(F)(F)F)cc2)N1C.[Y]. The molecular formula is C15H12F3INOY-. The summed E-state index contributed by atoms with van der Waals surface area (Å²) in [5.41, 5.74) is 2.49. The Morgan fingerprint density at radius 1 is 1.27 bits per heavy atom. The van der Waals surface area contributed by atoms with E-state index in [0.717, 1.165) is 20.5 Å². The summed E-state index contributed by atoms with van der Waals surface area (Å²) >= 11 is 2.17. The topological polar surface area (TPSA) is 12.5 Å². The molecule has 2 nitrogen and oxygen atoms in total. The third-order valence-electron chi connectivity index (χ3n) is 2.88. The van der Waals surface area contributed by atoms with Crippen molar-refractivity contribution in [2.24, 2.45) is 0 Å². The second-order valence-corrected chi connectivity index (χ2v) is 5.58. The molecule has 1 aliphatic rings. The largest absolute Gasteiger partial charge is 0.484 e. The standard InChI is InChI=1S/C15H12F3INO.Y/c1-10-13(19)7-8-14(20(10)2)11-3-5-12(6-4-11)21-9-15(16,17)18;/h3-7H,1,9H2,2H3;/q-1;. The molecule has 0 amide bonds. The van der Waals surface area contributed by atoms with E-state index in [4.69, 9.17) is 0 Å². The van der Waals surface area contributed by atoms with E-state index in [1.807, 2.05) is 18.0 Å². The first kappa shape index (κ1) is 19.7. The smallest absolute Gasteiger partial charge is 0.422 e. The number of hydrogen-bond donors (Lipinski definition) is 0. The molecule has 7 heteroatoms. The number of halogens is 4. The van der Waals surface area contributed by atoms with Crippen LogP contribution < -0.4 is 4.74 Å². The van der Waals surface area contributed by atoms with Crippen LogP contribution in [0.5, 0.6) is 5.75 Å². The minimum absolute atomic E-state index is 0. The van der Waals surface area contributed by atoms with Gasteiger partial charge in [0.25, 0.3) is 0 Å². The normalized spacial score (nSPS) is 15.0. The van der Waals surface area contributed by atoms with Crippen LogP contribution in [-0.4, -0.2) is 24.7 Å². The van der Waals surface area contributed by atoms with Crippen molar-refractivity contribution in [3.63, 3.8) is 0 Å². The third kappa shape index (κ3) is 5.10. The summed E-state index contributed by atoms with van der Waals surface area (Å²) in [6.07, 6.45) is 0.623. The molecule has 115 valence electrons. The number of allylic oxidation sites excluding steroid dienone is 3. The predicted octanol–water partition coefficient (Wildman–Crippen LogP) is 4.55. The maximum absolute atomic E-state index is 12.1. The van der Waals surface area contributed by atoms with Gasteiger partial charge in [0.1, 0.15) is 5.75 Å². The Hall–Kier alpha value is -0.336. The van der Waals surface area contributed by atoms with Crippen LogP contribution in [0, 0.1) is 6.08 Å². The van der Waals surface area contributed by atoms with E-state index in [0.29, 0.717) is 0 Å². The molecule has 0 aromatic heterocycles. The molecule has 0 saturated carbocycles. The Kier molecular flexibility index (Phi) is 7.14. The first-order chi connectivity index (χ1) is 9.78. The predicted molar refractivity (Wildman–Crippen MR) is 83.6 cm³/mol.